The molecule has 0 atom stereocenters. The number of carbonyl (C=O) groups is 1. The summed E-state index contributed by atoms with van der Waals surface area (Å²) in [7, 11) is 3.97. The molecule has 3 aliphatic heterocycles. The molecule has 2 aromatic rings. The number of nitrogens with two attached hydrogens (primary N) is 1. The summed E-state index contributed by atoms with van der Waals surface area (Å²) in [4.78, 5) is 21.7. The molecule has 0 unspecified atom stereocenters. The maximum Gasteiger partial charge on any atom is 0.248 e. The van der Waals surface area contributed by atoms with Crippen LogP contribution in [-0.2, 0) is 12.8 Å². The van der Waals surface area contributed by atoms with Gasteiger partial charge in [0.15, 0.2) is 0 Å². The van der Waals surface area contributed by atoms with E-state index in [-0.39, 0.29) is 5.91 Å². The Morgan fingerprint density at radius 2 is 1.77 bits per heavy atom. The number of rotatable bonds is 7. The van der Waals surface area contributed by atoms with Crippen LogP contribution in [0.3, 0.4) is 0 Å². The molecule has 0 radical (unpaired) electrons. The Kier molecular flexibility index (Phi) is 7.16. The van der Waals surface area contributed by atoms with Crippen LogP contribution in [0.2, 0.25) is 0 Å². The number of methoxy groups -OCH3 is 1. The Bertz CT molecular complexity index is 1040. The lowest BCUT2D eigenvalue weighted by Gasteiger charge is -2.38. The van der Waals surface area contributed by atoms with Gasteiger partial charge in [0.05, 0.1) is 7.11 Å². The second-order valence-corrected chi connectivity index (χ2v) is 10.3. The number of likely N-dealkylation sites (tertiary alicyclic amines) is 1. The molecule has 5 rings (SSSR count). The maximum absolute atomic E-state index is 11.7. The molecule has 7 heteroatoms. The number of hydrogen-bond donors (Lipinski definition) is 1. The van der Waals surface area contributed by atoms with Crippen molar-refractivity contribution in [3.63, 3.8) is 0 Å². The summed E-state index contributed by atoms with van der Waals surface area (Å²) in [5.41, 5.74) is 11.3. The van der Waals surface area contributed by atoms with Crippen LogP contribution in [-0.4, -0.2) is 88.3 Å². The van der Waals surface area contributed by atoms with Crippen molar-refractivity contribution in [2.75, 3.05) is 76.3 Å². The van der Waals surface area contributed by atoms with Crippen molar-refractivity contribution in [1.82, 2.24) is 9.80 Å². The normalized spacial score (nSPS) is 19.7. The van der Waals surface area contributed by atoms with Crippen LogP contribution in [0.25, 0.3) is 0 Å². The van der Waals surface area contributed by atoms with Crippen LogP contribution < -0.4 is 20.3 Å². The lowest BCUT2D eigenvalue weighted by molar-refractivity contribution is 0.100. The van der Waals surface area contributed by atoms with Crippen molar-refractivity contribution in [1.29, 1.82) is 0 Å². The van der Waals surface area contributed by atoms with E-state index in [0.29, 0.717) is 11.6 Å². The van der Waals surface area contributed by atoms with Gasteiger partial charge in [-0.15, -0.1) is 0 Å². The second kappa shape index (κ2) is 10.5. The number of benzene rings is 2. The number of ether oxygens (including phenoxy) is 1. The van der Waals surface area contributed by atoms with Crippen molar-refractivity contribution in [2.24, 2.45) is 5.73 Å². The summed E-state index contributed by atoms with van der Waals surface area (Å²) in [5, 5.41) is 0. The number of nitrogens with zero attached hydrogens (tertiary/aromatic N) is 4. The second-order valence-electron chi connectivity index (χ2n) is 10.3. The van der Waals surface area contributed by atoms with Crippen LogP contribution in [0.5, 0.6) is 5.75 Å². The predicted molar refractivity (Wildman–Crippen MR) is 142 cm³/mol. The minimum atomic E-state index is -0.346. The van der Waals surface area contributed by atoms with Crippen LogP contribution in [0.1, 0.15) is 34.3 Å². The van der Waals surface area contributed by atoms with E-state index >= 15 is 0 Å². The smallest absolute Gasteiger partial charge is 0.248 e. The lowest BCUT2D eigenvalue weighted by Crippen LogP contribution is -2.45. The maximum atomic E-state index is 11.7. The molecule has 0 aromatic heterocycles. The van der Waals surface area contributed by atoms with E-state index in [1.807, 2.05) is 12.1 Å². The quantitative estimate of drug-likeness (QED) is 0.662. The highest BCUT2D eigenvalue weighted by atomic mass is 16.5. The molecule has 0 spiro atoms. The first-order valence-electron chi connectivity index (χ1n) is 13.0. The Labute approximate surface area is 209 Å². The first-order valence-corrected chi connectivity index (χ1v) is 13.0. The third-order valence-corrected chi connectivity index (χ3v) is 8.13. The summed E-state index contributed by atoms with van der Waals surface area (Å²) in [6.07, 6.45) is 4.36. The van der Waals surface area contributed by atoms with E-state index in [1.54, 1.807) is 7.11 Å². The van der Waals surface area contributed by atoms with Gasteiger partial charge in [-0.25, -0.2) is 0 Å². The first kappa shape index (κ1) is 23.9. The standard InChI is InChI=1S/C28H39N5O2/c1-30-15-17-32(18-16-30)25-5-6-27(35-2)22(19-25)7-11-31-12-9-24(10-13-31)33-14-8-21-3-4-23(28(29)34)20-26(21)33/h3-6,19-20,24H,7-18H2,1-2H3,(H2,29,34). The Hall–Kier alpha value is -2.77. The average molecular weight is 478 g/mol. The largest absolute Gasteiger partial charge is 0.496 e. The van der Waals surface area contributed by atoms with Crippen LogP contribution >= 0.6 is 0 Å². The molecule has 3 aliphatic rings. The molecule has 1 amide bonds. The molecule has 35 heavy (non-hydrogen) atoms. The van der Waals surface area contributed by atoms with Crippen molar-refractivity contribution in [3.05, 3.63) is 53.1 Å². The third-order valence-electron chi connectivity index (χ3n) is 8.13. The van der Waals surface area contributed by atoms with Crippen LogP contribution in [0.15, 0.2) is 36.4 Å². The summed E-state index contributed by atoms with van der Waals surface area (Å²) >= 11 is 0. The zero-order valence-corrected chi connectivity index (χ0v) is 21.2. The van der Waals surface area contributed by atoms with E-state index in [0.717, 1.165) is 83.8 Å². The van der Waals surface area contributed by atoms with Gasteiger partial charge in [0.25, 0.3) is 0 Å². The van der Waals surface area contributed by atoms with Crippen molar-refractivity contribution in [3.8, 4) is 5.75 Å². The van der Waals surface area contributed by atoms with E-state index in [4.69, 9.17) is 10.5 Å². The van der Waals surface area contributed by atoms with Gasteiger partial charge in [-0.3, -0.25) is 4.79 Å². The highest BCUT2D eigenvalue weighted by Crippen LogP contribution is 2.34. The molecule has 3 heterocycles. The topological polar surface area (TPSA) is 65.3 Å². The van der Waals surface area contributed by atoms with E-state index in [9.17, 15) is 4.79 Å². The highest BCUT2D eigenvalue weighted by Gasteiger charge is 2.29. The number of hydrogen-bond acceptors (Lipinski definition) is 6. The van der Waals surface area contributed by atoms with Gasteiger partial charge in [0.2, 0.25) is 5.91 Å². The summed E-state index contributed by atoms with van der Waals surface area (Å²) in [5.74, 6) is 0.651. The molecule has 2 N–H and O–H groups in total. The fraction of sp³-hybridized carbons (Fsp3) is 0.536. The van der Waals surface area contributed by atoms with Gasteiger partial charge in [-0.2, -0.15) is 0 Å². The van der Waals surface area contributed by atoms with Gasteiger partial charge in [0, 0.05) is 75.3 Å². The fourth-order valence-corrected chi connectivity index (χ4v) is 5.89. The van der Waals surface area contributed by atoms with Crippen molar-refractivity contribution >= 4 is 17.3 Å². The van der Waals surface area contributed by atoms with Crippen LogP contribution in [0, 0.1) is 0 Å². The molecule has 2 saturated heterocycles. The van der Waals surface area contributed by atoms with Gasteiger partial charge in [-0.05, 0) is 74.2 Å². The predicted octanol–water partition coefficient (Wildman–Crippen LogP) is 2.62. The molecular formula is C28H39N5O2. The zero-order chi connectivity index (χ0) is 24.4. The number of piperazine rings is 1. The molecule has 0 bridgehead atoms. The zero-order valence-electron chi connectivity index (χ0n) is 21.2. The minimum Gasteiger partial charge on any atom is -0.496 e. The number of likely N-dealkylation sites (N-methyl/N-ethyl adjacent to an activating group) is 1. The SMILES string of the molecule is COc1ccc(N2CCN(C)CC2)cc1CCN1CCC(N2CCc3ccc(C(N)=O)cc32)CC1. The molecule has 188 valence electrons. The van der Waals surface area contributed by atoms with Crippen LogP contribution in [0.4, 0.5) is 11.4 Å². The highest BCUT2D eigenvalue weighted by molar-refractivity contribution is 5.94. The average Bonchev–Trinajstić information content (AvgIpc) is 3.31. The third kappa shape index (κ3) is 5.26. The summed E-state index contributed by atoms with van der Waals surface area (Å²) in [6.45, 7) is 8.69. The molecule has 2 aromatic carbocycles. The monoisotopic (exact) mass is 477 g/mol. The number of anilines is 2. The van der Waals surface area contributed by atoms with Crippen molar-refractivity contribution in [2.45, 2.75) is 31.7 Å². The minimum absolute atomic E-state index is 0.346. The van der Waals surface area contributed by atoms with Gasteiger partial charge in [-0.1, -0.05) is 6.07 Å². The Morgan fingerprint density at radius 3 is 2.49 bits per heavy atom. The lowest BCUT2D eigenvalue weighted by atomic mass is 10.0. The van der Waals surface area contributed by atoms with E-state index in [1.165, 1.54) is 22.5 Å². The van der Waals surface area contributed by atoms with Gasteiger partial charge < -0.3 is 30.1 Å². The number of amides is 1. The first-order chi connectivity index (χ1) is 17.0. The van der Waals surface area contributed by atoms with Gasteiger partial charge in [0.1, 0.15) is 5.75 Å². The van der Waals surface area contributed by atoms with Crippen molar-refractivity contribution < 1.29 is 9.53 Å². The Balaban J connectivity index is 1.17. The number of fused-ring (bicyclic) bond motifs is 1. The van der Waals surface area contributed by atoms with E-state index < -0.39 is 0 Å². The fourth-order valence-electron chi connectivity index (χ4n) is 5.89. The number of carbonyl (C=O) groups excluding carboxylic acids is 1. The molecular weight excluding hydrogens is 438 g/mol. The van der Waals surface area contributed by atoms with E-state index in [2.05, 4.69) is 50.9 Å². The molecule has 2 fully saturated rings. The molecule has 0 saturated carbocycles. The Morgan fingerprint density at radius 1 is 1.00 bits per heavy atom. The number of piperidine rings is 1. The molecule has 7 nitrogen and oxygen atoms in total. The van der Waals surface area contributed by atoms with Gasteiger partial charge >= 0.3 is 0 Å². The summed E-state index contributed by atoms with van der Waals surface area (Å²) < 4.78 is 5.70. The molecule has 0 aliphatic carbocycles. The number of primary amides is 1. The summed E-state index contributed by atoms with van der Waals surface area (Å²) in [6, 6.07) is 13.2.